The Hall–Kier alpha value is -2.41. The number of hydrogen-bond donors (Lipinski definition) is 2. The number of para-hydroxylation sites is 2. The first-order valence-corrected chi connectivity index (χ1v) is 5.95. The monoisotopic (exact) mass is 274 g/mol. The Morgan fingerprint density at radius 3 is 2.89 bits per heavy atom. The number of H-pyrrole nitrogens is 2. The van der Waals surface area contributed by atoms with Gasteiger partial charge in [-0.3, -0.25) is 9.78 Å². The average Bonchev–Trinajstić information content (AvgIpc) is 2.82. The van der Waals surface area contributed by atoms with Crippen LogP contribution in [0.2, 0.25) is 0 Å². The molecule has 0 saturated carbocycles. The van der Waals surface area contributed by atoms with Gasteiger partial charge in [0.15, 0.2) is 4.77 Å². The molecule has 6 nitrogen and oxygen atoms in total. The van der Waals surface area contributed by atoms with Gasteiger partial charge in [0.1, 0.15) is 22.5 Å². The lowest BCUT2D eigenvalue weighted by molar-refractivity contribution is 0.412. The van der Waals surface area contributed by atoms with E-state index in [0.29, 0.717) is 16.8 Å². The zero-order chi connectivity index (χ0) is 13.4. The Morgan fingerprint density at radius 1 is 1.32 bits per heavy atom. The molecule has 96 valence electrons. The predicted octanol–water partition coefficient (Wildman–Crippen LogP) is 1.78. The molecular formula is C12H10N4O2S. The molecule has 0 fully saturated rings. The minimum absolute atomic E-state index is 0.258. The van der Waals surface area contributed by atoms with E-state index in [9.17, 15) is 4.79 Å². The van der Waals surface area contributed by atoms with Crippen molar-refractivity contribution in [3.63, 3.8) is 0 Å². The zero-order valence-electron chi connectivity index (χ0n) is 10.0. The third-order valence-corrected chi connectivity index (χ3v) is 2.99. The van der Waals surface area contributed by atoms with Crippen LogP contribution >= 0.6 is 12.2 Å². The number of nitrogens with zero attached hydrogens (tertiary/aromatic N) is 2. The minimum atomic E-state index is -0.264. The normalized spacial score (nSPS) is 10.8. The van der Waals surface area contributed by atoms with Crippen molar-refractivity contribution in [1.29, 1.82) is 0 Å². The Morgan fingerprint density at radius 2 is 2.11 bits per heavy atom. The predicted molar refractivity (Wildman–Crippen MR) is 73.4 cm³/mol. The summed E-state index contributed by atoms with van der Waals surface area (Å²) in [5.41, 5.74) is 1.01. The maximum absolute atomic E-state index is 11.8. The van der Waals surface area contributed by atoms with Crippen LogP contribution in [0.25, 0.3) is 16.7 Å². The fraction of sp³-hybridized carbons (Fsp3) is 0.0833. The van der Waals surface area contributed by atoms with Crippen molar-refractivity contribution >= 4 is 23.3 Å². The highest BCUT2D eigenvalue weighted by Crippen LogP contribution is 2.23. The quantitative estimate of drug-likeness (QED) is 0.698. The van der Waals surface area contributed by atoms with Gasteiger partial charge in [-0.1, -0.05) is 12.1 Å². The van der Waals surface area contributed by atoms with Gasteiger partial charge in [0, 0.05) is 0 Å². The SMILES string of the molecule is COc1ccccc1-n1ncc2c(=O)[nH]c(=S)[nH]c21. The van der Waals surface area contributed by atoms with E-state index in [-0.39, 0.29) is 10.3 Å². The van der Waals surface area contributed by atoms with Crippen LogP contribution in [0.15, 0.2) is 35.3 Å². The molecule has 0 aliphatic carbocycles. The van der Waals surface area contributed by atoms with Crippen LogP contribution in [0.4, 0.5) is 0 Å². The van der Waals surface area contributed by atoms with E-state index in [4.69, 9.17) is 17.0 Å². The van der Waals surface area contributed by atoms with Crippen molar-refractivity contribution in [3.8, 4) is 11.4 Å². The van der Waals surface area contributed by atoms with E-state index in [1.807, 2.05) is 24.3 Å². The summed E-state index contributed by atoms with van der Waals surface area (Å²) in [6.45, 7) is 0. The van der Waals surface area contributed by atoms with Gasteiger partial charge in [-0.2, -0.15) is 5.10 Å². The Labute approximate surface area is 112 Å². The third-order valence-electron chi connectivity index (χ3n) is 2.79. The summed E-state index contributed by atoms with van der Waals surface area (Å²) in [7, 11) is 1.58. The van der Waals surface area contributed by atoms with Gasteiger partial charge in [0.25, 0.3) is 5.56 Å². The molecule has 2 aromatic heterocycles. The average molecular weight is 274 g/mol. The van der Waals surface area contributed by atoms with Crippen molar-refractivity contribution in [2.75, 3.05) is 7.11 Å². The number of aromatic nitrogens is 4. The molecule has 0 saturated heterocycles. The fourth-order valence-corrected chi connectivity index (χ4v) is 2.12. The second-order valence-corrected chi connectivity index (χ2v) is 4.31. The summed E-state index contributed by atoms with van der Waals surface area (Å²) in [6.07, 6.45) is 1.49. The molecule has 3 aromatic rings. The van der Waals surface area contributed by atoms with Crippen molar-refractivity contribution in [1.82, 2.24) is 19.7 Å². The maximum Gasteiger partial charge on any atom is 0.262 e. The summed E-state index contributed by atoms with van der Waals surface area (Å²) in [5.74, 6) is 0.659. The second-order valence-electron chi connectivity index (χ2n) is 3.90. The summed E-state index contributed by atoms with van der Waals surface area (Å²) in [6, 6.07) is 7.41. The molecule has 7 heteroatoms. The first-order valence-electron chi connectivity index (χ1n) is 5.54. The highest BCUT2D eigenvalue weighted by molar-refractivity contribution is 7.71. The summed E-state index contributed by atoms with van der Waals surface area (Å²) in [5, 5.41) is 4.66. The molecule has 2 heterocycles. The van der Waals surface area contributed by atoms with E-state index < -0.39 is 0 Å². The number of fused-ring (bicyclic) bond motifs is 1. The highest BCUT2D eigenvalue weighted by Gasteiger charge is 2.11. The Bertz CT molecular complexity index is 862. The molecule has 2 N–H and O–H groups in total. The number of nitrogens with one attached hydrogen (secondary N) is 2. The van der Waals surface area contributed by atoms with Gasteiger partial charge in [-0.05, 0) is 24.4 Å². The molecule has 0 bridgehead atoms. The van der Waals surface area contributed by atoms with E-state index in [2.05, 4.69) is 15.1 Å². The lowest BCUT2D eigenvalue weighted by Gasteiger charge is -2.08. The maximum atomic E-state index is 11.8. The number of aromatic amines is 2. The molecule has 3 rings (SSSR count). The largest absolute Gasteiger partial charge is 0.494 e. The number of methoxy groups -OCH3 is 1. The van der Waals surface area contributed by atoms with Crippen LogP contribution in [0, 0.1) is 4.77 Å². The number of benzene rings is 1. The van der Waals surface area contributed by atoms with Crippen LogP contribution in [-0.4, -0.2) is 26.9 Å². The molecule has 0 unspecified atom stereocenters. The Balaban J connectivity index is 2.38. The van der Waals surface area contributed by atoms with Crippen molar-refractivity contribution < 1.29 is 4.74 Å². The molecule has 0 spiro atoms. The van der Waals surface area contributed by atoms with Gasteiger partial charge in [-0.15, -0.1) is 0 Å². The van der Waals surface area contributed by atoms with E-state index >= 15 is 0 Å². The molecule has 0 atom stereocenters. The molecule has 0 aliphatic rings. The van der Waals surface area contributed by atoms with Gasteiger partial charge < -0.3 is 9.72 Å². The lowest BCUT2D eigenvalue weighted by atomic mass is 10.3. The smallest absolute Gasteiger partial charge is 0.262 e. The molecule has 19 heavy (non-hydrogen) atoms. The number of rotatable bonds is 2. The molecule has 1 aromatic carbocycles. The van der Waals surface area contributed by atoms with Gasteiger partial charge >= 0.3 is 0 Å². The molecule has 0 amide bonds. The molecule has 0 aliphatic heterocycles. The van der Waals surface area contributed by atoms with E-state index in [0.717, 1.165) is 5.69 Å². The zero-order valence-corrected chi connectivity index (χ0v) is 10.8. The van der Waals surface area contributed by atoms with Crippen LogP contribution in [-0.2, 0) is 0 Å². The standard InChI is InChI=1S/C12H10N4O2S/c1-18-9-5-3-2-4-8(9)16-10-7(6-13-16)11(17)15-12(19)14-10/h2-6H,1H3,(H2,14,15,17,19). The summed E-state index contributed by atoms with van der Waals surface area (Å²) < 4.78 is 7.15. The van der Waals surface area contributed by atoms with Crippen LogP contribution in [0.1, 0.15) is 0 Å². The molecular weight excluding hydrogens is 264 g/mol. The lowest BCUT2D eigenvalue weighted by Crippen LogP contribution is -2.08. The third kappa shape index (κ3) is 1.84. The highest BCUT2D eigenvalue weighted by atomic mass is 32.1. The van der Waals surface area contributed by atoms with E-state index in [1.165, 1.54) is 6.20 Å². The first kappa shape index (κ1) is 11.7. The topological polar surface area (TPSA) is 75.7 Å². The first-order chi connectivity index (χ1) is 9.20. The van der Waals surface area contributed by atoms with Crippen LogP contribution < -0.4 is 10.3 Å². The fourth-order valence-electron chi connectivity index (χ4n) is 1.93. The van der Waals surface area contributed by atoms with Crippen LogP contribution in [0.5, 0.6) is 5.75 Å². The Kier molecular flexibility index (Phi) is 2.68. The van der Waals surface area contributed by atoms with Crippen molar-refractivity contribution in [3.05, 3.63) is 45.6 Å². The van der Waals surface area contributed by atoms with Gasteiger partial charge in [0.2, 0.25) is 0 Å². The number of ether oxygens (including phenoxy) is 1. The minimum Gasteiger partial charge on any atom is -0.494 e. The van der Waals surface area contributed by atoms with Gasteiger partial charge in [0.05, 0.1) is 13.3 Å². The van der Waals surface area contributed by atoms with Crippen molar-refractivity contribution in [2.45, 2.75) is 0 Å². The van der Waals surface area contributed by atoms with E-state index in [1.54, 1.807) is 11.8 Å². The number of hydrogen-bond acceptors (Lipinski definition) is 4. The summed E-state index contributed by atoms with van der Waals surface area (Å²) in [4.78, 5) is 17.2. The summed E-state index contributed by atoms with van der Waals surface area (Å²) >= 11 is 4.98. The second kappa shape index (κ2) is 4.36. The molecule has 0 radical (unpaired) electrons. The van der Waals surface area contributed by atoms with Crippen molar-refractivity contribution in [2.24, 2.45) is 0 Å². The van der Waals surface area contributed by atoms with Gasteiger partial charge in [-0.25, -0.2) is 4.68 Å². The van der Waals surface area contributed by atoms with Crippen LogP contribution in [0.3, 0.4) is 0 Å².